The highest BCUT2D eigenvalue weighted by Gasteiger charge is 2.14. The molecular formula is C19H20Cl2N2O2. The minimum atomic E-state index is -0.239. The number of benzene rings is 2. The average Bonchev–Trinajstić information content (AvgIpc) is 2.62. The second-order valence-corrected chi connectivity index (χ2v) is 6.85. The number of halogens is 2. The van der Waals surface area contributed by atoms with Gasteiger partial charge in [0.25, 0.3) is 5.91 Å². The molecule has 0 radical (unpaired) electrons. The van der Waals surface area contributed by atoms with E-state index in [0.29, 0.717) is 21.5 Å². The molecule has 1 heterocycles. The molecule has 4 nitrogen and oxygen atoms in total. The number of rotatable bonds is 5. The van der Waals surface area contributed by atoms with Crippen LogP contribution >= 0.6 is 23.2 Å². The summed E-state index contributed by atoms with van der Waals surface area (Å²) in [4.78, 5) is 14.3. The molecule has 0 atom stereocenters. The smallest absolute Gasteiger partial charge is 0.262 e. The highest BCUT2D eigenvalue weighted by Crippen LogP contribution is 2.30. The summed E-state index contributed by atoms with van der Waals surface area (Å²) in [6.45, 7) is 1.98. The molecule has 1 aliphatic rings. The minimum Gasteiger partial charge on any atom is -0.484 e. The summed E-state index contributed by atoms with van der Waals surface area (Å²) in [5.41, 5.74) is 1.69. The van der Waals surface area contributed by atoms with Gasteiger partial charge in [-0.25, -0.2) is 0 Å². The molecule has 1 saturated heterocycles. The van der Waals surface area contributed by atoms with Crippen molar-refractivity contribution in [2.75, 3.05) is 29.9 Å². The first-order valence-corrected chi connectivity index (χ1v) is 9.10. The third kappa shape index (κ3) is 5.03. The topological polar surface area (TPSA) is 41.6 Å². The molecule has 0 saturated carbocycles. The predicted octanol–water partition coefficient (Wildman–Crippen LogP) is 5.00. The van der Waals surface area contributed by atoms with Crippen molar-refractivity contribution in [3.8, 4) is 5.75 Å². The molecule has 25 heavy (non-hydrogen) atoms. The molecule has 2 aromatic carbocycles. The molecule has 1 aliphatic heterocycles. The second-order valence-electron chi connectivity index (χ2n) is 6.00. The average molecular weight is 379 g/mol. The van der Waals surface area contributed by atoms with E-state index in [0.717, 1.165) is 18.8 Å². The van der Waals surface area contributed by atoms with Gasteiger partial charge in [-0.05, 0) is 61.7 Å². The van der Waals surface area contributed by atoms with Crippen LogP contribution in [0.25, 0.3) is 0 Å². The van der Waals surface area contributed by atoms with E-state index in [1.807, 2.05) is 12.1 Å². The van der Waals surface area contributed by atoms with E-state index in [1.54, 1.807) is 30.3 Å². The molecule has 1 amide bonds. The van der Waals surface area contributed by atoms with Crippen molar-refractivity contribution in [2.24, 2.45) is 0 Å². The Balaban J connectivity index is 1.55. The zero-order valence-corrected chi connectivity index (χ0v) is 15.3. The van der Waals surface area contributed by atoms with Crippen molar-refractivity contribution < 1.29 is 9.53 Å². The maximum Gasteiger partial charge on any atom is 0.262 e. The number of anilines is 2. The lowest BCUT2D eigenvalue weighted by atomic mass is 10.1. The quantitative estimate of drug-likeness (QED) is 0.795. The number of nitrogens with zero attached hydrogens (tertiary/aromatic N) is 1. The van der Waals surface area contributed by atoms with Gasteiger partial charge in [-0.1, -0.05) is 23.2 Å². The second kappa shape index (κ2) is 8.45. The number of piperidine rings is 1. The zero-order chi connectivity index (χ0) is 17.6. The van der Waals surface area contributed by atoms with Crippen LogP contribution in [0, 0.1) is 0 Å². The van der Waals surface area contributed by atoms with Crippen LogP contribution in [0.2, 0.25) is 10.0 Å². The number of hydrogen-bond donors (Lipinski definition) is 1. The van der Waals surface area contributed by atoms with Gasteiger partial charge in [-0.3, -0.25) is 4.79 Å². The Hall–Kier alpha value is -1.91. The van der Waals surface area contributed by atoms with Crippen LogP contribution in [0.5, 0.6) is 5.75 Å². The summed E-state index contributed by atoms with van der Waals surface area (Å²) in [6.07, 6.45) is 3.66. The maximum atomic E-state index is 12.0. The molecule has 0 spiro atoms. The molecule has 1 N–H and O–H groups in total. The first kappa shape index (κ1) is 17.9. The molecule has 132 valence electrons. The monoisotopic (exact) mass is 378 g/mol. The normalized spacial score (nSPS) is 14.2. The molecule has 0 bridgehead atoms. The number of ether oxygens (including phenoxy) is 1. The van der Waals surface area contributed by atoms with Crippen molar-refractivity contribution in [1.82, 2.24) is 0 Å². The number of nitrogens with one attached hydrogen (secondary N) is 1. The highest BCUT2D eigenvalue weighted by atomic mass is 35.5. The van der Waals surface area contributed by atoms with Gasteiger partial charge in [0.2, 0.25) is 0 Å². The third-order valence-corrected chi connectivity index (χ3v) is 4.67. The predicted molar refractivity (Wildman–Crippen MR) is 103 cm³/mol. The summed E-state index contributed by atoms with van der Waals surface area (Å²) >= 11 is 12.2. The van der Waals surface area contributed by atoms with Gasteiger partial charge in [0.15, 0.2) is 6.61 Å². The van der Waals surface area contributed by atoms with Crippen molar-refractivity contribution >= 4 is 40.5 Å². The van der Waals surface area contributed by atoms with Gasteiger partial charge in [0.1, 0.15) is 5.75 Å². The van der Waals surface area contributed by atoms with Crippen molar-refractivity contribution in [1.29, 1.82) is 0 Å². The fraction of sp³-hybridized carbons (Fsp3) is 0.316. The number of amides is 1. The molecule has 3 rings (SSSR count). The van der Waals surface area contributed by atoms with E-state index in [4.69, 9.17) is 27.9 Å². The van der Waals surface area contributed by atoms with Crippen molar-refractivity contribution in [3.63, 3.8) is 0 Å². The van der Waals surface area contributed by atoms with Crippen LogP contribution in [-0.2, 0) is 4.79 Å². The van der Waals surface area contributed by atoms with Gasteiger partial charge in [-0.15, -0.1) is 0 Å². The summed E-state index contributed by atoms with van der Waals surface area (Å²) < 4.78 is 5.43. The van der Waals surface area contributed by atoms with E-state index >= 15 is 0 Å². The Morgan fingerprint density at radius 1 is 1.04 bits per heavy atom. The SMILES string of the molecule is O=C(COc1ccc(Cl)cc1)Nc1ccc(N2CCCCC2)c(Cl)c1. The Morgan fingerprint density at radius 2 is 1.76 bits per heavy atom. The number of carbonyl (C=O) groups excluding carboxylic acids is 1. The van der Waals surface area contributed by atoms with Gasteiger partial charge in [-0.2, -0.15) is 0 Å². The van der Waals surface area contributed by atoms with Crippen molar-refractivity contribution in [3.05, 3.63) is 52.5 Å². The Bertz CT molecular complexity index is 729. The fourth-order valence-corrected chi connectivity index (χ4v) is 3.28. The Labute approximate surface area is 157 Å². The third-order valence-electron chi connectivity index (χ3n) is 4.11. The summed E-state index contributed by atoms with van der Waals surface area (Å²) in [6, 6.07) is 12.5. The summed E-state index contributed by atoms with van der Waals surface area (Å²) in [7, 11) is 0. The Morgan fingerprint density at radius 3 is 2.44 bits per heavy atom. The standard InChI is InChI=1S/C19H20Cl2N2O2/c20-14-4-7-16(8-5-14)25-13-19(24)22-15-6-9-18(17(21)12-15)23-10-2-1-3-11-23/h4-9,12H,1-3,10-11,13H2,(H,22,24). The largest absolute Gasteiger partial charge is 0.484 e. The van der Waals surface area contributed by atoms with Gasteiger partial charge >= 0.3 is 0 Å². The molecule has 1 fully saturated rings. The lowest BCUT2D eigenvalue weighted by Gasteiger charge is -2.29. The molecular weight excluding hydrogens is 359 g/mol. The van der Waals surface area contributed by atoms with Gasteiger partial charge in [0.05, 0.1) is 10.7 Å². The van der Waals surface area contributed by atoms with Crippen LogP contribution in [0.1, 0.15) is 19.3 Å². The molecule has 0 aromatic heterocycles. The van der Waals surface area contributed by atoms with Crippen LogP contribution < -0.4 is 15.0 Å². The van der Waals surface area contributed by atoms with Crippen LogP contribution in [0.3, 0.4) is 0 Å². The summed E-state index contributed by atoms with van der Waals surface area (Å²) in [5, 5.41) is 4.08. The van der Waals surface area contributed by atoms with E-state index in [9.17, 15) is 4.79 Å². The fourth-order valence-electron chi connectivity index (χ4n) is 2.85. The molecule has 2 aromatic rings. The first-order chi connectivity index (χ1) is 12.1. The first-order valence-electron chi connectivity index (χ1n) is 8.34. The van der Waals surface area contributed by atoms with Gasteiger partial charge < -0.3 is 15.0 Å². The van der Waals surface area contributed by atoms with Crippen LogP contribution in [0.15, 0.2) is 42.5 Å². The minimum absolute atomic E-state index is 0.0763. The maximum absolute atomic E-state index is 12.0. The van der Waals surface area contributed by atoms with E-state index in [2.05, 4.69) is 10.2 Å². The lowest BCUT2D eigenvalue weighted by Crippen LogP contribution is -2.29. The lowest BCUT2D eigenvalue weighted by molar-refractivity contribution is -0.118. The Kier molecular flexibility index (Phi) is 6.05. The van der Waals surface area contributed by atoms with E-state index in [1.165, 1.54) is 19.3 Å². The van der Waals surface area contributed by atoms with Crippen molar-refractivity contribution in [2.45, 2.75) is 19.3 Å². The number of carbonyl (C=O) groups is 1. The van der Waals surface area contributed by atoms with E-state index in [-0.39, 0.29) is 12.5 Å². The van der Waals surface area contributed by atoms with Crippen LogP contribution in [0.4, 0.5) is 11.4 Å². The van der Waals surface area contributed by atoms with Crippen LogP contribution in [-0.4, -0.2) is 25.6 Å². The molecule has 6 heteroatoms. The zero-order valence-electron chi connectivity index (χ0n) is 13.8. The molecule has 0 aliphatic carbocycles. The highest BCUT2D eigenvalue weighted by molar-refractivity contribution is 6.33. The summed E-state index contributed by atoms with van der Waals surface area (Å²) in [5.74, 6) is 0.356. The van der Waals surface area contributed by atoms with E-state index < -0.39 is 0 Å². The van der Waals surface area contributed by atoms with Gasteiger partial charge in [0, 0.05) is 23.8 Å². The molecule has 0 unspecified atom stereocenters. The number of hydrogen-bond acceptors (Lipinski definition) is 3.